The van der Waals surface area contributed by atoms with Crippen LogP contribution in [0.3, 0.4) is 0 Å². The summed E-state index contributed by atoms with van der Waals surface area (Å²) in [5, 5.41) is 10.5. The lowest BCUT2D eigenvalue weighted by Crippen LogP contribution is -2.40. The molecule has 1 aliphatic heterocycles. The van der Waals surface area contributed by atoms with Crippen LogP contribution in [-0.2, 0) is 9.53 Å². The lowest BCUT2D eigenvalue weighted by molar-refractivity contribution is -0.139. The van der Waals surface area contributed by atoms with Crippen LogP contribution in [0.1, 0.15) is 50.8 Å². The highest BCUT2D eigenvalue weighted by Crippen LogP contribution is 2.38. The molecule has 0 aliphatic carbocycles. The van der Waals surface area contributed by atoms with E-state index in [1.807, 2.05) is 13.8 Å². The van der Waals surface area contributed by atoms with Crippen molar-refractivity contribution in [1.82, 2.24) is 4.57 Å². The van der Waals surface area contributed by atoms with Crippen molar-refractivity contribution in [2.75, 3.05) is 20.3 Å². The number of phenols is 1. The Labute approximate surface area is 229 Å². The average molecular weight is 557 g/mol. The van der Waals surface area contributed by atoms with Crippen LogP contribution in [0.5, 0.6) is 17.2 Å². The lowest BCUT2D eigenvalue weighted by atomic mass is 9.93. The molecule has 0 radical (unpaired) electrons. The van der Waals surface area contributed by atoms with Gasteiger partial charge < -0.3 is 19.3 Å². The Bertz CT molecular complexity index is 1570. The molecule has 0 bridgehead atoms. The molecule has 0 spiro atoms. The number of halogens is 1. The van der Waals surface area contributed by atoms with Crippen LogP contribution in [0, 0.1) is 0 Å². The highest BCUT2D eigenvalue weighted by molar-refractivity contribution is 7.07. The Morgan fingerprint density at radius 2 is 1.95 bits per heavy atom. The first-order valence-corrected chi connectivity index (χ1v) is 13.5. The maximum Gasteiger partial charge on any atom is 0.338 e. The molecule has 0 unspecified atom stereocenters. The van der Waals surface area contributed by atoms with Crippen LogP contribution in [0.25, 0.3) is 6.08 Å². The number of carbonyl (C=O) groups excluding carboxylic acids is 1. The number of esters is 1. The smallest absolute Gasteiger partial charge is 0.338 e. The second kappa shape index (κ2) is 11.9. The molecule has 0 saturated heterocycles. The van der Waals surface area contributed by atoms with Crippen molar-refractivity contribution in [2.24, 2.45) is 4.99 Å². The molecule has 4 rings (SSSR count). The number of benzene rings is 2. The van der Waals surface area contributed by atoms with Crippen molar-refractivity contribution in [3.63, 3.8) is 0 Å². The highest BCUT2D eigenvalue weighted by Gasteiger charge is 2.36. The Kier molecular flexibility index (Phi) is 8.58. The Morgan fingerprint density at radius 1 is 1.16 bits per heavy atom. The minimum absolute atomic E-state index is 0.0156. The van der Waals surface area contributed by atoms with Crippen molar-refractivity contribution < 1.29 is 24.1 Å². The maximum absolute atomic E-state index is 13.9. The summed E-state index contributed by atoms with van der Waals surface area (Å²) in [6.07, 6.45) is 2.98. The number of aromatic hydroxyl groups is 1. The second-order valence-corrected chi connectivity index (χ2v) is 9.91. The molecule has 2 heterocycles. The topological polar surface area (TPSA) is 99.4 Å². The van der Waals surface area contributed by atoms with Gasteiger partial charge in [-0.1, -0.05) is 42.3 Å². The Balaban J connectivity index is 2.01. The van der Waals surface area contributed by atoms with E-state index in [0.29, 0.717) is 55.7 Å². The minimum atomic E-state index is -0.846. The number of aromatic nitrogens is 1. The van der Waals surface area contributed by atoms with Gasteiger partial charge in [0.25, 0.3) is 5.56 Å². The summed E-state index contributed by atoms with van der Waals surface area (Å²) >= 11 is 7.60. The highest BCUT2D eigenvalue weighted by atomic mass is 35.5. The summed E-state index contributed by atoms with van der Waals surface area (Å²) in [5.41, 5.74) is 1.75. The van der Waals surface area contributed by atoms with Crippen molar-refractivity contribution >= 4 is 35.0 Å². The number of allylic oxidation sites excluding steroid dienone is 1. The van der Waals surface area contributed by atoms with Gasteiger partial charge >= 0.3 is 5.97 Å². The summed E-state index contributed by atoms with van der Waals surface area (Å²) in [6.45, 7) is 6.11. The monoisotopic (exact) mass is 556 g/mol. The molecule has 1 N–H and O–H groups in total. The van der Waals surface area contributed by atoms with Gasteiger partial charge in [0, 0.05) is 10.6 Å². The van der Waals surface area contributed by atoms with Crippen LogP contribution < -0.4 is 24.4 Å². The number of rotatable bonds is 9. The first kappa shape index (κ1) is 27.5. The quantitative estimate of drug-likeness (QED) is 0.394. The summed E-state index contributed by atoms with van der Waals surface area (Å²) < 4.78 is 18.4. The van der Waals surface area contributed by atoms with Gasteiger partial charge in [0.15, 0.2) is 16.3 Å². The molecule has 1 atom stereocenters. The van der Waals surface area contributed by atoms with E-state index >= 15 is 0 Å². The van der Waals surface area contributed by atoms with E-state index < -0.39 is 12.0 Å². The van der Waals surface area contributed by atoms with Crippen molar-refractivity contribution in [3.05, 3.63) is 83.5 Å². The molecule has 8 nitrogen and oxygen atoms in total. The van der Waals surface area contributed by atoms with E-state index in [1.165, 1.54) is 29.1 Å². The molecule has 200 valence electrons. The zero-order valence-corrected chi connectivity index (χ0v) is 23.2. The number of thiazole rings is 1. The number of phenolic OH excluding ortho intramolecular Hbond substituents is 1. The third-order valence-electron chi connectivity index (χ3n) is 5.96. The summed E-state index contributed by atoms with van der Waals surface area (Å²) in [7, 11) is 1.53. The van der Waals surface area contributed by atoms with Crippen LogP contribution >= 0.6 is 22.9 Å². The van der Waals surface area contributed by atoms with Crippen LogP contribution in [0.15, 0.2) is 57.5 Å². The minimum Gasteiger partial charge on any atom is -0.504 e. The summed E-state index contributed by atoms with van der Waals surface area (Å²) in [5.74, 6) is 0.279. The number of methoxy groups -OCH3 is 1. The third-order valence-corrected chi connectivity index (χ3v) is 7.18. The fourth-order valence-corrected chi connectivity index (χ4v) is 5.58. The molecule has 0 fully saturated rings. The normalized spacial score (nSPS) is 15.2. The number of fused-ring (bicyclic) bond motifs is 1. The largest absolute Gasteiger partial charge is 0.504 e. The predicted octanol–water partition coefficient (Wildman–Crippen LogP) is 4.34. The standard InChI is InChI=1S/C28H29ClN2O6S/c1-5-8-19-24(27(34)37-7-3)25(18-15-17(29)10-12-21(18)35-4)31-26(33)23(38-28(31)30-19)14-16-9-11-20(32)22(13-16)36-6-2/h9-15,25,32H,5-8H2,1-4H3/b23-14+/t25-/m1/s1. The third kappa shape index (κ3) is 5.35. The number of nitrogens with zero attached hydrogens (tertiary/aromatic N) is 2. The van der Waals surface area contributed by atoms with Gasteiger partial charge in [0.2, 0.25) is 0 Å². The zero-order chi connectivity index (χ0) is 27.4. The molecule has 2 aromatic carbocycles. The van der Waals surface area contributed by atoms with E-state index in [4.69, 9.17) is 30.8 Å². The van der Waals surface area contributed by atoms with Gasteiger partial charge in [0.1, 0.15) is 11.8 Å². The SMILES string of the molecule is CCCC1=C(C(=O)OCC)[C@@H](c2cc(Cl)ccc2OC)n2c(s/c(=C/c3ccc(O)c(OCC)c3)c2=O)=N1. The molecular weight excluding hydrogens is 528 g/mol. The molecule has 0 saturated carbocycles. The van der Waals surface area contributed by atoms with E-state index in [2.05, 4.69) is 0 Å². The fraction of sp³-hybridized carbons (Fsp3) is 0.321. The summed E-state index contributed by atoms with van der Waals surface area (Å²) in [4.78, 5) is 32.4. The summed E-state index contributed by atoms with van der Waals surface area (Å²) in [6, 6.07) is 9.13. The molecule has 38 heavy (non-hydrogen) atoms. The van der Waals surface area contributed by atoms with E-state index in [9.17, 15) is 14.7 Å². The molecule has 1 aliphatic rings. The van der Waals surface area contributed by atoms with E-state index in [-0.39, 0.29) is 23.5 Å². The maximum atomic E-state index is 13.9. The van der Waals surface area contributed by atoms with Gasteiger partial charge in [-0.15, -0.1) is 0 Å². The Morgan fingerprint density at radius 3 is 2.63 bits per heavy atom. The van der Waals surface area contributed by atoms with Crippen molar-refractivity contribution in [1.29, 1.82) is 0 Å². The van der Waals surface area contributed by atoms with Gasteiger partial charge in [-0.05, 0) is 62.2 Å². The zero-order valence-electron chi connectivity index (χ0n) is 21.6. The lowest BCUT2D eigenvalue weighted by Gasteiger charge is -2.27. The first-order valence-electron chi connectivity index (χ1n) is 12.3. The van der Waals surface area contributed by atoms with Gasteiger partial charge in [-0.25, -0.2) is 9.79 Å². The van der Waals surface area contributed by atoms with Crippen molar-refractivity contribution in [3.8, 4) is 17.2 Å². The number of ether oxygens (including phenoxy) is 3. The van der Waals surface area contributed by atoms with Crippen LogP contribution in [0.2, 0.25) is 5.02 Å². The molecule has 10 heteroatoms. The fourth-order valence-electron chi connectivity index (χ4n) is 4.38. The van der Waals surface area contributed by atoms with Crippen LogP contribution in [0.4, 0.5) is 0 Å². The first-order chi connectivity index (χ1) is 18.3. The van der Waals surface area contributed by atoms with E-state index in [1.54, 1.807) is 43.3 Å². The number of hydrogen-bond donors (Lipinski definition) is 1. The van der Waals surface area contributed by atoms with E-state index in [0.717, 1.165) is 6.42 Å². The van der Waals surface area contributed by atoms with Gasteiger partial charge in [-0.2, -0.15) is 0 Å². The van der Waals surface area contributed by atoms with Crippen molar-refractivity contribution in [2.45, 2.75) is 39.7 Å². The molecule has 1 aromatic heterocycles. The Hall–Kier alpha value is -3.56. The molecule has 3 aromatic rings. The number of carbonyl (C=O) groups is 1. The number of hydrogen-bond acceptors (Lipinski definition) is 8. The molecule has 0 amide bonds. The predicted molar refractivity (Wildman–Crippen MR) is 147 cm³/mol. The second-order valence-electron chi connectivity index (χ2n) is 8.46. The average Bonchev–Trinajstić information content (AvgIpc) is 3.20. The van der Waals surface area contributed by atoms with Crippen LogP contribution in [-0.4, -0.2) is 36.0 Å². The van der Waals surface area contributed by atoms with Gasteiger partial charge in [0.05, 0.1) is 36.1 Å². The molecular formula is C28H29ClN2O6S. The van der Waals surface area contributed by atoms with Gasteiger partial charge in [-0.3, -0.25) is 9.36 Å².